The zero-order valence-electron chi connectivity index (χ0n) is 16.9. The van der Waals surface area contributed by atoms with Crippen molar-refractivity contribution in [2.75, 3.05) is 24.5 Å². The lowest BCUT2D eigenvalue weighted by Crippen LogP contribution is -2.41. The summed E-state index contributed by atoms with van der Waals surface area (Å²) in [7, 11) is 0. The lowest BCUT2D eigenvalue weighted by Gasteiger charge is -2.36. The third-order valence-corrected chi connectivity index (χ3v) is 5.69. The maximum absolute atomic E-state index is 13.4. The number of pyridine rings is 2. The van der Waals surface area contributed by atoms with Crippen LogP contribution in [0.5, 0.6) is 0 Å². The van der Waals surface area contributed by atoms with Gasteiger partial charge in [-0.2, -0.15) is 0 Å². The molecule has 149 valence electrons. The molecule has 2 aliphatic rings. The Morgan fingerprint density at radius 3 is 2.66 bits per heavy atom. The molecule has 1 saturated heterocycles. The van der Waals surface area contributed by atoms with E-state index in [0.29, 0.717) is 23.8 Å². The Morgan fingerprint density at radius 1 is 1.14 bits per heavy atom. The summed E-state index contributed by atoms with van der Waals surface area (Å²) in [6, 6.07) is 9.39. The molecule has 5 nitrogen and oxygen atoms in total. The molecule has 2 aromatic heterocycles. The highest BCUT2D eigenvalue weighted by Gasteiger charge is 2.27. The molecule has 0 spiro atoms. The van der Waals surface area contributed by atoms with Crippen molar-refractivity contribution in [2.45, 2.75) is 26.2 Å². The van der Waals surface area contributed by atoms with Crippen LogP contribution in [0.1, 0.15) is 35.3 Å². The first-order chi connectivity index (χ1) is 14.2. The van der Waals surface area contributed by atoms with Gasteiger partial charge in [-0.05, 0) is 68.9 Å². The van der Waals surface area contributed by atoms with Gasteiger partial charge in [0, 0.05) is 43.4 Å². The monoisotopic (exact) mass is 387 g/mol. The molecule has 0 atom stereocenters. The maximum atomic E-state index is 13.4. The molecule has 2 aromatic rings. The molecule has 1 aliphatic carbocycles. The van der Waals surface area contributed by atoms with E-state index in [-0.39, 0.29) is 5.91 Å². The van der Waals surface area contributed by atoms with E-state index in [4.69, 9.17) is 0 Å². The number of carbonyl (C=O) groups is 1. The summed E-state index contributed by atoms with van der Waals surface area (Å²) in [4.78, 5) is 26.4. The van der Waals surface area contributed by atoms with Crippen LogP contribution in [0.25, 0.3) is 0 Å². The van der Waals surface area contributed by atoms with Crippen molar-refractivity contribution in [2.24, 2.45) is 5.92 Å². The number of rotatable bonds is 5. The molecule has 0 N–H and O–H groups in total. The normalized spacial score (nSPS) is 17.1. The second kappa shape index (κ2) is 9.03. The molecule has 0 saturated carbocycles. The fourth-order valence-corrected chi connectivity index (χ4v) is 4.02. The standard InChI is InChI=1S/C24H27N4O/c1-19-22(10-7-15-25-19)24(29)28(23-11-5-6-14-26-23)18-20-12-16-27(17-13-20)21-8-3-2-4-9-21/h2-3,5-11,14-15,20H,4,12-13,16-18H2,1H3. The van der Waals surface area contributed by atoms with Crippen molar-refractivity contribution < 1.29 is 4.79 Å². The van der Waals surface area contributed by atoms with E-state index in [1.54, 1.807) is 12.4 Å². The van der Waals surface area contributed by atoms with E-state index < -0.39 is 0 Å². The predicted octanol–water partition coefficient (Wildman–Crippen LogP) is 4.19. The smallest absolute Gasteiger partial charge is 0.261 e. The van der Waals surface area contributed by atoms with Crippen molar-refractivity contribution in [3.63, 3.8) is 0 Å². The zero-order valence-corrected chi connectivity index (χ0v) is 16.9. The summed E-state index contributed by atoms with van der Waals surface area (Å²) in [6.07, 6.45) is 15.4. The van der Waals surface area contributed by atoms with E-state index in [0.717, 1.165) is 38.0 Å². The van der Waals surface area contributed by atoms with Gasteiger partial charge in [0.1, 0.15) is 5.82 Å². The summed E-state index contributed by atoms with van der Waals surface area (Å²) in [5.74, 6) is 1.13. The first-order valence-corrected chi connectivity index (χ1v) is 10.3. The minimum absolute atomic E-state index is 0.0230. The van der Waals surface area contributed by atoms with Crippen molar-refractivity contribution in [1.82, 2.24) is 14.9 Å². The van der Waals surface area contributed by atoms with E-state index in [2.05, 4.69) is 39.5 Å². The van der Waals surface area contributed by atoms with Gasteiger partial charge < -0.3 is 4.90 Å². The third kappa shape index (κ3) is 4.56. The second-order valence-corrected chi connectivity index (χ2v) is 7.63. The zero-order chi connectivity index (χ0) is 20.1. The van der Waals surface area contributed by atoms with Gasteiger partial charge in [0.25, 0.3) is 5.91 Å². The van der Waals surface area contributed by atoms with Gasteiger partial charge in [0.15, 0.2) is 0 Å². The van der Waals surface area contributed by atoms with Crippen LogP contribution in [0, 0.1) is 19.3 Å². The average Bonchev–Trinajstić information content (AvgIpc) is 2.79. The highest BCUT2D eigenvalue weighted by atomic mass is 16.2. The highest BCUT2D eigenvalue weighted by molar-refractivity contribution is 6.06. The van der Waals surface area contributed by atoms with Gasteiger partial charge in [-0.1, -0.05) is 18.2 Å². The fourth-order valence-electron chi connectivity index (χ4n) is 4.02. The minimum Gasteiger partial charge on any atom is -0.372 e. The molecular weight excluding hydrogens is 360 g/mol. The molecule has 0 bridgehead atoms. The second-order valence-electron chi connectivity index (χ2n) is 7.63. The van der Waals surface area contributed by atoms with Crippen molar-refractivity contribution >= 4 is 11.7 Å². The molecule has 1 aliphatic heterocycles. The van der Waals surface area contributed by atoms with E-state index in [1.165, 1.54) is 5.70 Å². The van der Waals surface area contributed by atoms with Gasteiger partial charge in [0.05, 0.1) is 5.56 Å². The number of amides is 1. The number of aromatic nitrogens is 2. The predicted molar refractivity (Wildman–Crippen MR) is 115 cm³/mol. The number of allylic oxidation sites excluding steroid dienone is 3. The Kier molecular flexibility index (Phi) is 6.03. The molecule has 5 heteroatoms. The molecule has 1 fully saturated rings. The molecular formula is C24H27N4O. The lowest BCUT2D eigenvalue weighted by molar-refractivity contribution is 0.0976. The Morgan fingerprint density at radius 2 is 1.97 bits per heavy atom. The number of nitrogens with zero attached hydrogens (tertiary/aromatic N) is 4. The number of anilines is 1. The summed E-state index contributed by atoms with van der Waals surface area (Å²) in [5, 5.41) is 0. The Hall–Kier alpha value is -2.95. The number of piperidine rings is 1. The fraction of sp³-hybridized carbons (Fsp3) is 0.333. The summed E-state index contributed by atoms with van der Waals surface area (Å²) in [5.41, 5.74) is 2.72. The third-order valence-electron chi connectivity index (χ3n) is 5.69. The maximum Gasteiger partial charge on any atom is 0.261 e. The SMILES string of the molecule is Cc1ncccc1C(=O)N(CC1CCN(C2=CC[CH]C=C2)CC1)c1ccccn1. The van der Waals surface area contributed by atoms with Crippen LogP contribution in [-0.4, -0.2) is 40.4 Å². The van der Waals surface area contributed by atoms with Gasteiger partial charge in [-0.3, -0.25) is 14.7 Å². The number of aryl methyl sites for hydroxylation is 1. The molecule has 0 unspecified atom stereocenters. The first kappa shape index (κ1) is 19.4. The van der Waals surface area contributed by atoms with Crippen LogP contribution < -0.4 is 4.90 Å². The molecule has 1 radical (unpaired) electrons. The van der Waals surface area contributed by atoms with Gasteiger partial charge in [0.2, 0.25) is 0 Å². The topological polar surface area (TPSA) is 49.3 Å². The van der Waals surface area contributed by atoms with Crippen LogP contribution in [-0.2, 0) is 0 Å². The largest absolute Gasteiger partial charge is 0.372 e. The summed E-state index contributed by atoms with van der Waals surface area (Å²) >= 11 is 0. The van der Waals surface area contributed by atoms with Crippen LogP contribution in [0.2, 0.25) is 0 Å². The number of carbonyl (C=O) groups excluding carboxylic acids is 1. The van der Waals surface area contributed by atoms with Crippen molar-refractivity contribution in [1.29, 1.82) is 0 Å². The van der Waals surface area contributed by atoms with E-state index >= 15 is 0 Å². The van der Waals surface area contributed by atoms with Crippen molar-refractivity contribution in [3.8, 4) is 0 Å². The molecule has 1 amide bonds. The Balaban J connectivity index is 1.48. The van der Waals surface area contributed by atoms with Crippen LogP contribution in [0.15, 0.2) is 66.7 Å². The highest BCUT2D eigenvalue weighted by Crippen LogP contribution is 2.26. The van der Waals surface area contributed by atoms with Gasteiger partial charge in [-0.25, -0.2) is 4.98 Å². The van der Waals surface area contributed by atoms with E-state index in [1.807, 2.05) is 42.2 Å². The van der Waals surface area contributed by atoms with Crippen LogP contribution in [0.3, 0.4) is 0 Å². The first-order valence-electron chi connectivity index (χ1n) is 10.3. The molecule has 3 heterocycles. The Bertz CT molecular complexity index is 898. The number of hydrogen-bond acceptors (Lipinski definition) is 4. The van der Waals surface area contributed by atoms with Crippen molar-refractivity contribution in [3.05, 3.63) is 84.3 Å². The van der Waals surface area contributed by atoms with Gasteiger partial charge in [-0.15, -0.1) is 0 Å². The average molecular weight is 388 g/mol. The summed E-state index contributed by atoms with van der Waals surface area (Å²) < 4.78 is 0. The quantitative estimate of drug-likeness (QED) is 0.772. The number of hydrogen-bond donors (Lipinski definition) is 0. The molecule has 29 heavy (non-hydrogen) atoms. The number of likely N-dealkylation sites (tertiary alicyclic amines) is 1. The molecule has 0 aromatic carbocycles. The van der Waals surface area contributed by atoms with Crippen LogP contribution >= 0.6 is 0 Å². The van der Waals surface area contributed by atoms with E-state index in [9.17, 15) is 4.79 Å². The summed E-state index contributed by atoms with van der Waals surface area (Å²) in [6.45, 7) is 4.61. The van der Waals surface area contributed by atoms with Gasteiger partial charge >= 0.3 is 0 Å². The Labute approximate surface area is 172 Å². The molecule has 4 rings (SSSR count). The van der Waals surface area contributed by atoms with Crippen LogP contribution in [0.4, 0.5) is 5.82 Å². The minimum atomic E-state index is -0.0230. The lowest BCUT2D eigenvalue weighted by atomic mass is 9.94.